The molecular formula is C15H14BrN3. The molecule has 3 aromatic rings. The number of halogens is 1. The highest BCUT2D eigenvalue weighted by molar-refractivity contribution is 9.10. The average molecular weight is 316 g/mol. The Kier molecular flexibility index (Phi) is 3.12. The van der Waals surface area contributed by atoms with Gasteiger partial charge in [0.05, 0.1) is 23.9 Å². The average Bonchev–Trinajstić information content (AvgIpc) is 2.89. The molecule has 4 heteroatoms. The summed E-state index contributed by atoms with van der Waals surface area (Å²) in [5.74, 6) is 0. The van der Waals surface area contributed by atoms with Crippen molar-refractivity contribution in [2.45, 2.75) is 13.0 Å². The van der Waals surface area contributed by atoms with Crippen LogP contribution in [0.3, 0.4) is 0 Å². The van der Waals surface area contributed by atoms with Crippen molar-refractivity contribution in [1.82, 2.24) is 9.55 Å². The number of rotatable bonds is 2. The maximum Gasteiger partial charge on any atom is 0.0994 e. The molecule has 2 N–H and O–H groups in total. The van der Waals surface area contributed by atoms with Gasteiger partial charge in [-0.2, -0.15) is 0 Å². The van der Waals surface area contributed by atoms with Crippen molar-refractivity contribution in [3.63, 3.8) is 0 Å². The summed E-state index contributed by atoms with van der Waals surface area (Å²) in [6.07, 6.45) is 3.63. The van der Waals surface area contributed by atoms with Gasteiger partial charge in [-0.1, -0.05) is 40.2 Å². The zero-order valence-electron chi connectivity index (χ0n) is 10.5. The molecule has 0 spiro atoms. The van der Waals surface area contributed by atoms with Gasteiger partial charge in [-0.3, -0.25) is 0 Å². The van der Waals surface area contributed by atoms with Crippen LogP contribution in [0.15, 0.2) is 53.4 Å². The predicted octanol–water partition coefficient (Wildman–Crippen LogP) is 3.81. The second-order valence-corrected chi connectivity index (χ2v) is 5.44. The highest BCUT2D eigenvalue weighted by Gasteiger charge is 2.11. The first kappa shape index (κ1) is 12.4. The van der Waals surface area contributed by atoms with Crippen LogP contribution in [-0.2, 0) is 0 Å². The van der Waals surface area contributed by atoms with E-state index in [-0.39, 0.29) is 6.04 Å². The number of nitrogens with zero attached hydrogens (tertiary/aromatic N) is 2. The van der Waals surface area contributed by atoms with Gasteiger partial charge in [-0.05, 0) is 24.4 Å². The van der Waals surface area contributed by atoms with Gasteiger partial charge in [0.25, 0.3) is 0 Å². The largest absolute Gasteiger partial charge is 0.323 e. The van der Waals surface area contributed by atoms with Crippen LogP contribution in [0.1, 0.15) is 18.7 Å². The Morgan fingerprint density at radius 1 is 1.16 bits per heavy atom. The molecular weight excluding hydrogens is 302 g/mol. The van der Waals surface area contributed by atoms with E-state index in [1.807, 2.05) is 31.6 Å². The first-order valence-corrected chi connectivity index (χ1v) is 6.93. The van der Waals surface area contributed by atoms with E-state index in [1.54, 1.807) is 0 Å². The zero-order chi connectivity index (χ0) is 13.4. The van der Waals surface area contributed by atoms with E-state index in [2.05, 4.69) is 49.7 Å². The molecule has 0 radical (unpaired) electrons. The van der Waals surface area contributed by atoms with Gasteiger partial charge in [-0.25, -0.2) is 4.98 Å². The Hall–Kier alpha value is -1.65. The van der Waals surface area contributed by atoms with Crippen LogP contribution in [-0.4, -0.2) is 9.55 Å². The van der Waals surface area contributed by atoms with Crippen LogP contribution in [0.4, 0.5) is 0 Å². The maximum atomic E-state index is 6.00. The molecule has 0 saturated heterocycles. The Bertz CT molecular complexity index is 731. The van der Waals surface area contributed by atoms with Crippen molar-refractivity contribution in [1.29, 1.82) is 0 Å². The van der Waals surface area contributed by atoms with Crippen LogP contribution in [0.2, 0.25) is 0 Å². The first-order chi connectivity index (χ1) is 9.18. The van der Waals surface area contributed by atoms with E-state index in [1.165, 1.54) is 10.8 Å². The fourth-order valence-corrected chi connectivity index (χ4v) is 2.78. The molecule has 1 atom stereocenters. The number of nitrogens with two attached hydrogens (primary N) is 1. The van der Waals surface area contributed by atoms with Crippen LogP contribution >= 0.6 is 15.9 Å². The molecule has 0 unspecified atom stereocenters. The normalized spacial score (nSPS) is 12.8. The maximum absolute atomic E-state index is 6.00. The number of hydrogen-bond acceptors (Lipinski definition) is 2. The summed E-state index contributed by atoms with van der Waals surface area (Å²) in [5, 5.41) is 2.36. The van der Waals surface area contributed by atoms with E-state index in [4.69, 9.17) is 5.73 Å². The quantitative estimate of drug-likeness (QED) is 0.781. The van der Waals surface area contributed by atoms with Gasteiger partial charge < -0.3 is 10.3 Å². The Labute approximate surface area is 120 Å². The molecule has 3 nitrogen and oxygen atoms in total. The van der Waals surface area contributed by atoms with Crippen molar-refractivity contribution < 1.29 is 0 Å². The van der Waals surface area contributed by atoms with Crippen LogP contribution in [0.25, 0.3) is 16.5 Å². The molecule has 0 aliphatic rings. The Morgan fingerprint density at radius 2 is 1.89 bits per heavy atom. The molecule has 96 valence electrons. The molecule has 0 bridgehead atoms. The Balaban J connectivity index is 2.31. The first-order valence-electron chi connectivity index (χ1n) is 6.14. The van der Waals surface area contributed by atoms with Crippen LogP contribution in [0.5, 0.6) is 0 Å². The second kappa shape index (κ2) is 4.79. The molecule has 0 aliphatic heterocycles. The lowest BCUT2D eigenvalue weighted by atomic mass is 10.1. The van der Waals surface area contributed by atoms with E-state index < -0.39 is 0 Å². The van der Waals surface area contributed by atoms with Gasteiger partial charge in [0, 0.05) is 15.9 Å². The predicted molar refractivity (Wildman–Crippen MR) is 81.4 cm³/mol. The molecule has 1 heterocycles. The van der Waals surface area contributed by atoms with E-state index in [0.29, 0.717) is 0 Å². The lowest BCUT2D eigenvalue weighted by Crippen LogP contribution is -2.10. The third-order valence-electron chi connectivity index (χ3n) is 3.24. The molecule has 2 aromatic carbocycles. The number of aromatic nitrogens is 2. The number of imidazole rings is 1. The fourth-order valence-electron chi connectivity index (χ4n) is 2.30. The third-order valence-corrected chi connectivity index (χ3v) is 3.93. The number of fused-ring (bicyclic) bond motifs is 1. The van der Waals surface area contributed by atoms with Crippen LogP contribution in [0, 0.1) is 0 Å². The molecule has 19 heavy (non-hydrogen) atoms. The van der Waals surface area contributed by atoms with E-state index in [9.17, 15) is 0 Å². The lowest BCUT2D eigenvalue weighted by Gasteiger charge is -2.14. The second-order valence-electron chi connectivity index (χ2n) is 4.59. The highest BCUT2D eigenvalue weighted by Crippen LogP contribution is 2.30. The standard InChI is InChI=1S/C15H14BrN3/c1-10(17)15-8-18-9-19(15)14-7-6-13(16)11-4-2-3-5-12(11)14/h2-10H,17H2,1H3/t10-/m1/s1. The topological polar surface area (TPSA) is 43.8 Å². The fraction of sp³-hybridized carbons (Fsp3) is 0.133. The SMILES string of the molecule is C[C@@H](N)c1cncn1-c1ccc(Br)c2ccccc12. The van der Waals surface area contributed by atoms with Crippen molar-refractivity contribution >= 4 is 26.7 Å². The number of benzene rings is 2. The lowest BCUT2D eigenvalue weighted by molar-refractivity contribution is 0.754. The summed E-state index contributed by atoms with van der Waals surface area (Å²) < 4.78 is 3.15. The smallest absolute Gasteiger partial charge is 0.0994 e. The molecule has 1 aromatic heterocycles. The summed E-state index contributed by atoms with van der Waals surface area (Å²) in [4.78, 5) is 4.22. The van der Waals surface area contributed by atoms with Gasteiger partial charge in [0.1, 0.15) is 0 Å². The zero-order valence-corrected chi connectivity index (χ0v) is 12.1. The summed E-state index contributed by atoms with van der Waals surface area (Å²) in [7, 11) is 0. The summed E-state index contributed by atoms with van der Waals surface area (Å²) in [6, 6.07) is 12.4. The minimum absolute atomic E-state index is 0.0510. The highest BCUT2D eigenvalue weighted by atomic mass is 79.9. The number of hydrogen-bond donors (Lipinski definition) is 1. The monoisotopic (exact) mass is 315 g/mol. The summed E-state index contributed by atoms with van der Waals surface area (Å²) in [5.41, 5.74) is 8.11. The molecule has 0 fully saturated rings. The van der Waals surface area contributed by atoms with Crippen molar-refractivity contribution in [2.75, 3.05) is 0 Å². The summed E-state index contributed by atoms with van der Waals surface area (Å²) >= 11 is 3.59. The molecule has 0 aliphatic carbocycles. The van der Waals surface area contributed by atoms with E-state index >= 15 is 0 Å². The third kappa shape index (κ3) is 2.07. The van der Waals surface area contributed by atoms with Gasteiger partial charge in [0.2, 0.25) is 0 Å². The van der Waals surface area contributed by atoms with Crippen molar-refractivity contribution in [3.8, 4) is 5.69 Å². The van der Waals surface area contributed by atoms with Crippen molar-refractivity contribution in [2.24, 2.45) is 5.73 Å². The van der Waals surface area contributed by atoms with Crippen LogP contribution < -0.4 is 5.73 Å². The Morgan fingerprint density at radius 3 is 2.63 bits per heavy atom. The summed E-state index contributed by atoms with van der Waals surface area (Å²) in [6.45, 7) is 1.97. The molecule has 0 saturated carbocycles. The van der Waals surface area contributed by atoms with E-state index in [0.717, 1.165) is 15.9 Å². The minimum Gasteiger partial charge on any atom is -0.323 e. The minimum atomic E-state index is -0.0510. The van der Waals surface area contributed by atoms with Crippen molar-refractivity contribution in [3.05, 3.63) is 59.1 Å². The van der Waals surface area contributed by atoms with Gasteiger partial charge in [0.15, 0.2) is 0 Å². The van der Waals surface area contributed by atoms with Gasteiger partial charge >= 0.3 is 0 Å². The molecule has 0 amide bonds. The molecule has 3 rings (SSSR count). The van der Waals surface area contributed by atoms with Gasteiger partial charge in [-0.15, -0.1) is 0 Å².